The van der Waals surface area contributed by atoms with Crippen molar-refractivity contribution < 1.29 is 14.4 Å². The molecule has 3 nitrogen and oxygen atoms in total. The first-order valence-corrected chi connectivity index (χ1v) is 8.03. The van der Waals surface area contributed by atoms with Crippen molar-refractivity contribution in [1.29, 1.82) is 0 Å². The minimum Gasteiger partial charge on any atom is -0.423 e. The monoisotopic (exact) mass is 291 g/mol. The summed E-state index contributed by atoms with van der Waals surface area (Å²) in [5.41, 5.74) is 0.871. The maximum Gasteiger partial charge on any atom is 0.488 e. The van der Waals surface area contributed by atoms with Crippen molar-refractivity contribution in [2.45, 2.75) is 51.1 Å². The fraction of sp³-hybridized carbons (Fsp3) is 0.625. The average molecular weight is 291 g/mol. The van der Waals surface area contributed by atoms with E-state index in [1.807, 2.05) is 0 Å². The molecule has 0 spiro atoms. The average Bonchev–Trinajstić information content (AvgIpc) is 2.49. The molecule has 2 unspecified atom stereocenters. The summed E-state index contributed by atoms with van der Waals surface area (Å²) < 4.78 is 14.1. The molecule has 5 heteroatoms. The molecule has 2 fully saturated rings. The van der Waals surface area contributed by atoms with E-state index in [1.54, 1.807) is 12.1 Å². The van der Waals surface area contributed by atoms with Crippen molar-refractivity contribution in [3.63, 3.8) is 0 Å². The molecule has 21 heavy (non-hydrogen) atoms. The van der Waals surface area contributed by atoms with Crippen molar-refractivity contribution >= 4 is 12.6 Å². The third kappa shape index (κ3) is 3.30. The van der Waals surface area contributed by atoms with Crippen molar-refractivity contribution in [1.82, 2.24) is 4.90 Å². The predicted molar refractivity (Wildman–Crippen MR) is 81.6 cm³/mol. The molecule has 1 heterocycles. The Bertz CT molecular complexity index is 495. The quantitative estimate of drug-likeness (QED) is 0.832. The Morgan fingerprint density at radius 1 is 1.14 bits per heavy atom. The second-order valence-corrected chi connectivity index (χ2v) is 6.45. The molecule has 0 amide bonds. The Morgan fingerprint density at radius 3 is 2.67 bits per heavy atom. The second-order valence-electron chi connectivity index (χ2n) is 6.45. The van der Waals surface area contributed by atoms with Crippen LogP contribution < -0.4 is 5.46 Å². The van der Waals surface area contributed by atoms with E-state index in [0.717, 1.165) is 12.5 Å². The fourth-order valence-electron chi connectivity index (χ4n) is 4.00. The van der Waals surface area contributed by atoms with Gasteiger partial charge in [0.1, 0.15) is 5.82 Å². The molecule has 2 N–H and O–H groups in total. The largest absolute Gasteiger partial charge is 0.488 e. The number of likely N-dealkylation sites (tertiary alicyclic amines) is 1. The van der Waals surface area contributed by atoms with E-state index in [2.05, 4.69) is 4.90 Å². The normalized spacial score (nSPS) is 26.4. The molecule has 1 saturated heterocycles. The van der Waals surface area contributed by atoms with Crippen LogP contribution in [0.15, 0.2) is 18.2 Å². The number of piperidine rings is 1. The number of rotatable bonds is 3. The van der Waals surface area contributed by atoms with E-state index in [1.165, 1.54) is 44.6 Å². The predicted octanol–water partition coefficient (Wildman–Crippen LogP) is 1.66. The summed E-state index contributed by atoms with van der Waals surface area (Å²) in [6.45, 7) is 1.68. The number of halogens is 1. The molecule has 1 aliphatic carbocycles. The van der Waals surface area contributed by atoms with Gasteiger partial charge in [-0.2, -0.15) is 0 Å². The summed E-state index contributed by atoms with van der Waals surface area (Å²) in [6, 6.07) is 5.14. The van der Waals surface area contributed by atoms with Gasteiger partial charge in [-0.1, -0.05) is 25.0 Å². The number of benzene rings is 1. The molecule has 1 aromatic carbocycles. The van der Waals surface area contributed by atoms with E-state index in [4.69, 9.17) is 10.0 Å². The van der Waals surface area contributed by atoms with Gasteiger partial charge in [-0.3, -0.25) is 4.90 Å². The highest BCUT2D eigenvalue weighted by atomic mass is 19.1. The Hall–Kier alpha value is -0.905. The summed E-state index contributed by atoms with van der Waals surface area (Å²) in [5.74, 6) is 0.452. The Labute approximate surface area is 125 Å². The highest BCUT2D eigenvalue weighted by Crippen LogP contribution is 2.36. The lowest BCUT2D eigenvalue weighted by Crippen LogP contribution is -2.46. The van der Waals surface area contributed by atoms with Crippen LogP contribution >= 0.6 is 0 Å². The van der Waals surface area contributed by atoms with Gasteiger partial charge >= 0.3 is 7.12 Å². The molecule has 2 aliphatic rings. The van der Waals surface area contributed by atoms with Crippen molar-refractivity contribution in [3.05, 3.63) is 29.6 Å². The summed E-state index contributed by atoms with van der Waals surface area (Å²) in [5, 5.41) is 18.2. The molecule has 1 saturated carbocycles. The second kappa shape index (κ2) is 6.47. The maximum absolute atomic E-state index is 14.1. The third-order valence-electron chi connectivity index (χ3n) is 5.11. The zero-order valence-corrected chi connectivity index (χ0v) is 12.3. The molecule has 0 bridgehead atoms. The van der Waals surface area contributed by atoms with Crippen LogP contribution in [-0.2, 0) is 6.54 Å². The van der Waals surface area contributed by atoms with E-state index in [0.29, 0.717) is 18.2 Å². The van der Waals surface area contributed by atoms with Crippen LogP contribution in [0.2, 0.25) is 0 Å². The Balaban J connectivity index is 1.73. The van der Waals surface area contributed by atoms with Gasteiger partial charge in [0.25, 0.3) is 0 Å². The van der Waals surface area contributed by atoms with Crippen LogP contribution in [0.4, 0.5) is 4.39 Å². The van der Waals surface area contributed by atoms with E-state index in [-0.39, 0.29) is 11.3 Å². The maximum atomic E-state index is 14.1. The smallest absolute Gasteiger partial charge is 0.423 e. The SMILES string of the molecule is OB(O)c1ccc(CN2CCCC3CCCCC32)c(F)c1. The molecule has 1 aromatic rings. The van der Waals surface area contributed by atoms with Crippen molar-refractivity contribution in [3.8, 4) is 0 Å². The zero-order valence-electron chi connectivity index (χ0n) is 12.3. The molecular weight excluding hydrogens is 268 g/mol. The van der Waals surface area contributed by atoms with Crippen LogP contribution in [-0.4, -0.2) is 34.7 Å². The lowest BCUT2D eigenvalue weighted by Gasteiger charge is -2.44. The lowest BCUT2D eigenvalue weighted by atomic mass is 9.78. The number of hydrogen-bond acceptors (Lipinski definition) is 3. The summed E-state index contributed by atoms with van der Waals surface area (Å²) in [6.07, 6.45) is 7.71. The molecule has 0 radical (unpaired) electrons. The number of fused-ring (bicyclic) bond motifs is 1. The van der Waals surface area contributed by atoms with Gasteiger partial charge in [-0.15, -0.1) is 0 Å². The van der Waals surface area contributed by atoms with Gasteiger partial charge < -0.3 is 10.0 Å². The Kier molecular flexibility index (Phi) is 4.62. The van der Waals surface area contributed by atoms with Gasteiger partial charge in [-0.05, 0) is 49.7 Å². The van der Waals surface area contributed by atoms with Crippen molar-refractivity contribution in [2.75, 3.05) is 6.54 Å². The van der Waals surface area contributed by atoms with Gasteiger partial charge in [0, 0.05) is 18.2 Å². The summed E-state index contributed by atoms with van der Waals surface area (Å²) in [7, 11) is -1.61. The van der Waals surface area contributed by atoms with E-state index in [9.17, 15) is 4.39 Å². The highest BCUT2D eigenvalue weighted by Gasteiger charge is 2.33. The van der Waals surface area contributed by atoms with Crippen molar-refractivity contribution in [2.24, 2.45) is 5.92 Å². The first-order chi connectivity index (χ1) is 10.1. The molecule has 1 aliphatic heterocycles. The van der Waals surface area contributed by atoms with Crippen LogP contribution in [0.5, 0.6) is 0 Å². The first kappa shape index (κ1) is 15.0. The molecule has 2 atom stereocenters. The third-order valence-corrected chi connectivity index (χ3v) is 5.11. The minimum absolute atomic E-state index is 0.213. The van der Waals surface area contributed by atoms with E-state index < -0.39 is 7.12 Å². The topological polar surface area (TPSA) is 43.7 Å². The van der Waals surface area contributed by atoms with Gasteiger partial charge in [0.2, 0.25) is 0 Å². The molecule has 114 valence electrons. The standard InChI is InChI=1S/C16H23BFNO2/c18-15-10-14(17(20)21)8-7-13(15)11-19-9-3-5-12-4-1-2-6-16(12)19/h7-8,10,12,16,20-21H,1-6,9,11H2. The number of nitrogens with zero attached hydrogens (tertiary/aromatic N) is 1. The first-order valence-electron chi connectivity index (χ1n) is 8.03. The molecule has 3 rings (SSSR count). The highest BCUT2D eigenvalue weighted by molar-refractivity contribution is 6.58. The van der Waals surface area contributed by atoms with Crippen LogP contribution in [0.25, 0.3) is 0 Å². The van der Waals surface area contributed by atoms with Gasteiger partial charge in [0.15, 0.2) is 0 Å². The molecule has 0 aromatic heterocycles. The van der Waals surface area contributed by atoms with Gasteiger partial charge in [0.05, 0.1) is 0 Å². The zero-order chi connectivity index (χ0) is 14.8. The van der Waals surface area contributed by atoms with Gasteiger partial charge in [-0.25, -0.2) is 4.39 Å². The molecular formula is C16H23BFNO2. The fourth-order valence-corrected chi connectivity index (χ4v) is 4.00. The summed E-state index contributed by atoms with van der Waals surface area (Å²) >= 11 is 0. The van der Waals surface area contributed by atoms with Crippen LogP contribution in [0.1, 0.15) is 44.1 Å². The number of hydrogen-bond donors (Lipinski definition) is 2. The van der Waals surface area contributed by atoms with Crippen LogP contribution in [0, 0.1) is 11.7 Å². The lowest BCUT2D eigenvalue weighted by molar-refractivity contribution is 0.0539. The Morgan fingerprint density at radius 2 is 1.90 bits per heavy atom. The summed E-state index contributed by atoms with van der Waals surface area (Å²) in [4.78, 5) is 2.43. The van der Waals surface area contributed by atoms with E-state index >= 15 is 0 Å². The minimum atomic E-state index is -1.61. The van der Waals surface area contributed by atoms with Crippen LogP contribution in [0.3, 0.4) is 0 Å².